The Labute approximate surface area is 128 Å². The number of carbonyl (C=O) groups is 1. The van der Waals surface area contributed by atoms with Gasteiger partial charge in [0.2, 0.25) is 0 Å². The van der Waals surface area contributed by atoms with Gasteiger partial charge in [0, 0.05) is 24.5 Å². The van der Waals surface area contributed by atoms with Gasteiger partial charge in [0.25, 0.3) is 5.91 Å². The number of hydrogen-bond acceptors (Lipinski definition) is 3. The van der Waals surface area contributed by atoms with Crippen LogP contribution in [0.5, 0.6) is 0 Å². The van der Waals surface area contributed by atoms with E-state index in [1.54, 1.807) is 0 Å². The van der Waals surface area contributed by atoms with E-state index in [0.717, 1.165) is 28.4 Å². The molecular weight excluding hydrogens is 292 g/mol. The molecule has 1 amide bonds. The molecule has 106 valence electrons. The van der Waals surface area contributed by atoms with E-state index in [0.29, 0.717) is 6.54 Å². The van der Waals surface area contributed by atoms with Gasteiger partial charge in [-0.3, -0.25) is 4.79 Å². The van der Waals surface area contributed by atoms with Crippen LogP contribution < -0.4 is 10.6 Å². The van der Waals surface area contributed by atoms with Crippen LogP contribution in [0.15, 0.2) is 30.3 Å². The molecule has 0 spiro atoms. The van der Waals surface area contributed by atoms with Crippen molar-refractivity contribution in [3.63, 3.8) is 0 Å². The number of halogens is 1. The Kier molecular flexibility index (Phi) is 4.81. The summed E-state index contributed by atoms with van der Waals surface area (Å²) in [6.07, 6.45) is 0. The predicted octanol–water partition coefficient (Wildman–Crippen LogP) is 3.01. The second-order valence-corrected chi connectivity index (χ2v) is 6.09. The first-order valence-corrected chi connectivity index (χ1v) is 7.20. The molecule has 1 aliphatic heterocycles. The lowest BCUT2D eigenvalue weighted by Gasteiger charge is -2.06. The molecule has 0 radical (unpaired) electrons. The average Bonchev–Trinajstić information content (AvgIpc) is 3.03. The summed E-state index contributed by atoms with van der Waals surface area (Å²) in [7, 11) is 0. The first-order valence-electron chi connectivity index (χ1n) is 6.38. The lowest BCUT2D eigenvalue weighted by molar-refractivity contribution is 0.0955. The van der Waals surface area contributed by atoms with Crippen molar-refractivity contribution in [1.82, 2.24) is 10.6 Å². The van der Waals surface area contributed by atoms with E-state index in [4.69, 9.17) is 0 Å². The van der Waals surface area contributed by atoms with Gasteiger partial charge in [-0.05, 0) is 35.7 Å². The summed E-state index contributed by atoms with van der Waals surface area (Å²) in [5.74, 6) is 0.0109. The third kappa shape index (κ3) is 3.20. The normalized spacial score (nSPS) is 12.7. The lowest BCUT2D eigenvalue weighted by Crippen LogP contribution is -2.21. The quantitative estimate of drug-likeness (QED) is 0.915. The van der Waals surface area contributed by atoms with Crippen molar-refractivity contribution < 1.29 is 4.79 Å². The molecule has 0 fully saturated rings. The standard InChI is InChI=1S/C15H16N2OS.ClH/c1-10-2-5-14(19-10)15(18)17-7-11-3-4-12-8-16-9-13(12)6-11;/h2-6,16H,7-9H2,1H3,(H,17,18);1H. The third-order valence-corrected chi connectivity index (χ3v) is 4.32. The number of benzene rings is 1. The fourth-order valence-corrected chi connectivity index (χ4v) is 3.07. The van der Waals surface area contributed by atoms with E-state index in [1.807, 2.05) is 19.1 Å². The molecule has 2 heterocycles. The van der Waals surface area contributed by atoms with Gasteiger partial charge in [0.1, 0.15) is 0 Å². The number of aryl methyl sites for hydroxylation is 1. The molecule has 0 aliphatic carbocycles. The molecule has 0 unspecified atom stereocenters. The number of nitrogens with one attached hydrogen (secondary N) is 2. The van der Waals surface area contributed by atoms with Crippen molar-refractivity contribution in [2.24, 2.45) is 0 Å². The molecule has 3 rings (SSSR count). The first-order chi connectivity index (χ1) is 9.22. The maximum atomic E-state index is 12.0. The number of thiophene rings is 1. The van der Waals surface area contributed by atoms with Crippen molar-refractivity contribution in [3.05, 3.63) is 56.8 Å². The highest BCUT2D eigenvalue weighted by Gasteiger charge is 2.11. The van der Waals surface area contributed by atoms with Gasteiger partial charge in [0.15, 0.2) is 0 Å². The highest BCUT2D eigenvalue weighted by atomic mass is 35.5. The SMILES string of the molecule is Cc1ccc(C(=O)NCc2ccc3c(c2)CNC3)s1.Cl. The maximum absolute atomic E-state index is 12.0. The zero-order valence-corrected chi connectivity index (χ0v) is 12.9. The van der Waals surface area contributed by atoms with Crippen LogP contribution in [0.1, 0.15) is 31.2 Å². The van der Waals surface area contributed by atoms with Gasteiger partial charge in [-0.2, -0.15) is 0 Å². The Balaban J connectivity index is 0.00000147. The van der Waals surface area contributed by atoms with Crippen LogP contribution >= 0.6 is 23.7 Å². The number of carbonyl (C=O) groups excluding carboxylic acids is 1. The van der Waals surface area contributed by atoms with Crippen LogP contribution in [-0.2, 0) is 19.6 Å². The summed E-state index contributed by atoms with van der Waals surface area (Å²) in [5.41, 5.74) is 3.87. The minimum Gasteiger partial charge on any atom is -0.347 e. The van der Waals surface area contributed by atoms with Crippen LogP contribution in [0.2, 0.25) is 0 Å². The zero-order chi connectivity index (χ0) is 13.2. The number of fused-ring (bicyclic) bond motifs is 1. The van der Waals surface area contributed by atoms with Crippen LogP contribution in [0.3, 0.4) is 0 Å². The van der Waals surface area contributed by atoms with Crippen LogP contribution in [0.4, 0.5) is 0 Å². The Hall–Kier alpha value is -1.36. The topological polar surface area (TPSA) is 41.1 Å². The minimum atomic E-state index is 0. The molecule has 0 saturated heterocycles. The summed E-state index contributed by atoms with van der Waals surface area (Å²) < 4.78 is 0. The Bertz CT molecular complexity index is 624. The van der Waals surface area contributed by atoms with Crippen LogP contribution in [-0.4, -0.2) is 5.91 Å². The molecule has 1 aromatic carbocycles. The highest BCUT2D eigenvalue weighted by Crippen LogP contribution is 2.18. The largest absolute Gasteiger partial charge is 0.347 e. The number of amides is 1. The lowest BCUT2D eigenvalue weighted by atomic mass is 10.1. The molecule has 0 bridgehead atoms. The van der Waals surface area contributed by atoms with Gasteiger partial charge in [0.05, 0.1) is 4.88 Å². The van der Waals surface area contributed by atoms with E-state index >= 15 is 0 Å². The highest BCUT2D eigenvalue weighted by molar-refractivity contribution is 7.13. The van der Waals surface area contributed by atoms with Gasteiger partial charge < -0.3 is 10.6 Å². The number of hydrogen-bond donors (Lipinski definition) is 2. The fourth-order valence-electron chi connectivity index (χ4n) is 2.28. The summed E-state index contributed by atoms with van der Waals surface area (Å²) in [5, 5.41) is 6.29. The average molecular weight is 309 g/mol. The summed E-state index contributed by atoms with van der Waals surface area (Å²) >= 11 is 1.53. The molecule has 2 N–H and O–H groups in total. The smallest absolute Gasteiger partial charge is 0.261 e. The van der Waals surface area contributed by atoms with Crippen LogP contribution in [0, 0.1) is 6.92 Å². The molecule has 2 aromatic rings. The van der Waals surface area contributed by atoms with E-state index in [1.165, 1.54) is 22.5 Å². The van der Waals surface area contributed by atoms with E-state index in [2.05, 4.69) is 28.8 Å². The number of rotatable bonds is 3. The molecule has 0 saturated carbocycles. The molecular formula is C15H17ClN2OS. The summed E-state index contributed by atoms with van der Waals surface area (Å²) in [4.78, 5) is 13.9. The molecule has 0 atom stereocenters. The van der Waals surface area contributed by atoms with Crippen molar-refractivity contribution in [1.29, 1.82) is 0 Å². The Morgan fingerprint density at radius 3 is 2.80 bits per heavy atom. The zero-order valence-electron chi connectivity index (χ0n) is 11.2. The van der Waals surface area contributed by atoms with Gasteiger partial charge in [-0.1, -0.05) is 18.2 Å². The molecule has 1 aliphatic rings. The molecule has 5 heteroatoms. The first kappa shape index (κ1) is 15.0. The predicted molar refractivity (Wildman–Crippen MR) is 84.5 cm³/mol. The third-order valence-electron chi connectivity index (χ3n) is 3.32. The summed E-state index contributed by atoms with van der Waals surface area (Å²) in [6, 6.07) is 10.3. The monoisotopic (exact) mass is 308 g/mol. The van der Waals surface area contributed by atoms with Gasteiger partial charge >= 0.3 is 0 Å². The Morgan fingerprint density at radius 2 is 2.05 bits per heavy atom. The van der Waals surface area contributed by atoms with Crippen molar-refractivity contribution in [2.75, 3.05) is 0 Å². The summed E-state index contributed by atoms with van der Waals surface area (Å²) in [6.45, 7) is 4.48. The van der Waals surface area contributed by atoms with Crippen molar-refractivity contribution in [2.45, 2.75) is 26.6 Å². The van der Waals surface area contributed by atoms with Crippen molar-refractivity contribution >= 4 is 29.7 Å². The fraction of sp³-hybridized carbons (Fsp3) is 0.267. The van der Waals surface area contributed by atoms with Crippen LogP contribution in [0.25, 0.3) is 0 Å². The van der Waals surface area contributed by atoms with Gasteiger partial charge in [-0.15, -0.1) is 23.7 Å². The molecule has 1 aromatic heterocycles. The van der Waals surface area contributed by atoms with E-state index in [9.17, 15) is 4.79 Å². The Morgan fingerprint density at radius 1 is 1.25 bits per heavy atom. The van der Waals surface area contributed by atoms with Crippen molar-refractivity contribution in [3.8, 4) is 0 Å². The van der Waals surface area contributed by atoms with E-state index < -0.39 is 0 Å². The molecule has 20 heavy (non-hydrogen) atoms. The second-order valence-electron chi connectivity index (χ2n) is 4.80. The van der Waals surface area contributed by atoms with Gasteiger partial charge in [-0.25, -0.2) is 0 Å². The second kappa shape index (κ2) is 6.39. The maximum Gasteiger partial charge on any atom is 0.261 e. The van der Waals surface area contributed by atoms with E-state index in [-0.39, 0.29) is 18.3 Å². The molecule has 3 nitrogen and oxygen atoms in total. The minimum absolute atomic E-state index is 0.